The van der Waals surface area contributed by atoms with E-state index in [4.69, 9.17) is 9.47 Å². The summed E-state index contributed by atoms with van der Waals surface area (Å²) in [6, 6.07) is 4.43. The van der Waals surface area contributed by atoms with Crippen LogP contribution in [0.5, 0.6) is 0 Å². The highest BCUT2D eigenvalue weighted by molar-refractivity contribution is 5.72. The Morgan fingerprint density at radius 2 is 1.78 bits per heavy atom. The van der Waals surface area contributed by atoms with Gasteiger partial charge in [-0.3, -0.25) is 14.7 Å². The predicted octanol–water partition coefficient (Wildman–Crippen LogP) is 2.18. The van der Waals surface area contributed by atoms with Gasteiger partial charge in [-0.15, -0.1) is 0 Å². The largest absolute Gasteiger partial charge is 0.466 e. The molecule has 1 aromatic rings. The SMILES string of the molecule is CCOC(=O)C1CCN(CC2CN(C3CCN(CCc4ccncc4)CC3)C(=O)O2)CC1. The quantitative estimate of drug-likeness (QED) is 0.569. The first kappa shape index (κ1) is 23.0. The minimum atomic E-state index is -0.161. The number of aromatic nitrogens is 1. The van der Waals surface area contributed by atoms with Gasteiger partial charge in [-0.05, 0) is 69.8 Å². The first-order valence-corrected chi connectivity index (χ1v) is 12.1. The van der Waals surface area contributed by atoms with Gasteiger partial charge in [0.05, 0.1) is 19.1 Å². The summed E-state index contributed by atoms with van der Waals surface area (Å²) in [6.45, 7) is 8.51. The maximum atomic E-state index is 12.5. The van der Waals surface area contributed by atoms with E-state index in [9.17, 15) is 9.59 Å². The Morgan fingerprint density at radius 3 is 2.47 bits per heavy atom. The molecule has 3 aliphatic rings. The molecule has 3 fully saturated rings. The Balaban J connectivity index is 1.17. The summed E-state index contributed by atoms with van der Waals surface area (Å²) in [6.07, 6.45) is 8.14. The van der Waals surface area contributed by atoms with E-state index in [2.05, 4.69) is 26.9 Å². The third kappa shape index (κ3) is 5.98. The van der Waals surface area contributed by atoms with Crippen molar-refractivity contribution in [2.24, 2.45) is 5.92 Å². The second kappa shape index (κ2) is 11.1. The minimum Gasteiger partial charge on any atom is -0.466 e. The molecular weight excluding hydrogens is 408 g/mol. The maximum Gasteiger partial charge on any atom is 0.410 e. The average Bonchev–Trinajstić information content (AvgIpc) is 3.19. The lowest BCUT2D eigenvalue weighted by Gasteiger charge is -2.35. The molecular formula is C24H36N4O4. The van der Waals surface area contributed by atoms with Gasteiger partial charge in [0, 0.05) is 44.6 Å². The number of pyridine rings is 1. The Bertz CT molecular complexity index is 746. The Hall–Kier alpha value is -2.19. The molecule has 8 heteroatoms. The van der Waals surface area contributed by atoms with Crippen molar-refractivity contribution in [1.29, 1.82) is 0 Å². The Labute approximate surface area is 190 Å². The Kier molecular flexibility index (Phi) is 7.97. The fourth-order valence-corrected chi connectivity index (χ4v) is 5.13. The van der Waals surface area contributed by atoms with E-state index in [0.717, 1.165) is 71.4 Å². The number of carbonyl (C=O) groups is 2. The number of rotatable bonds is 8. The molecule has 3 aliphatic heterocycles. The summed E-state index contributed by atoms with van der Waals surface area (Å²) in [5.74, 6) is -0.0599. The van der Waals surface area contributed by atoms with Crippen molar-refractivity contribution in [3.05, 3.63) is 30.1 Å². The molecule has 0 aliphatic carbocycles. The summed E-state index contributed by atoms with van der Waals surface area (Å²) in [5, 5.41) is 0. The van der Waals surface area contributed by atoms with Crippen molar-refractivity contribution < 1.29 is 19.1 Å². The molecule has 0 spiro atoms. The van der Waals surface area contributed by atoms with Crippen LogP contribution >= 0.6 is 0 Å². The van der Waals surface area contributed by atoms with Gasteiger partial charge in [0.15, 0.2) is 0 Å². The van der Waals surface area contributed by atoms with E-state index >= 15 is 0 Å². The van der Waals surface area contributed by atoms with Gasteiger partial charge >= 0.3 is 12.1 Å². The Morgan fingerprint density at radius 1 is 1.09 bits per heavy atom. The van der Waals surface area contributed by atoms with Gasteiger partial charge in [0.2, 0.25) is 0 Å². The van der Waals surface area contributed by atoms with Crippen LogP contribution < -0.4 is 0 Å². The number of cyclic esters (lactones) is 1. The number of carbonyl (C=O) groups excluding carboxylic acids is 2. The van der Waals surface area contributed by atoms with Crippen molar-refractivity contribution in [1.82, 2.24) is 19.7 Å². The molecule has 32 heavy (non-hydrogen) atoms. The molecule has 1 atom stereocenters. The highest BCUT2D eigenvalue weighted by Crippen LogP contribution is 2.25. The lowest BCUT2D eigenvalue weighted by molar-refractivity contribution is -0.149. The predicted molar refractivity (Wildman–Crippen MR) is 120 cm³/mol. The fourth-order valence-electron chi connectivity index (χ4n) is 5.13. The molecule has 0 bridgehead atoms. The molecule has 1 amide bonds. The first-order chi connectivity index (χ1) is 15.6. The van der Waals surface area contributed by atoms with Crippen molar-refractivity contribution in [3.63, 3.8) is 0 Å². The van der Waals surface area contributed by atoms with E-state index in [1.165, 1.54) is 5.56 Å². The lowest BCUT2D eigenvalue weighted by atomic mass is 9.97. The number of nitrogens with zero attached hydrogens (tertiary/aromatic N) is 4. The van der Waals surface area contributed by atoms with Crippen LogP contribution in [0.25, 0.3) is 0 Å². The van der Waals surface area contributed by atoms with Crippen LogP contribution in [0, 0.1) is 5.92 Å². The number of likely N-dealkylation sites (tertiary alicyclic amines) is 2. The first-order valence-electron chi connectivity index (χ1n) is 12.1. The zero-order valence-corrected chi connectivity index (χ0v) is 19.2. The number of esters is 1. The van der Waals surface area contributed by atoms with Gasteiger partial charge in [-0.2, -0.15) is 0 Å². The van der Waals surface area contributed by atoms with E-state index in [1.54, 1.807) is 0 Å². The summed E-state index contributed by atoms with van der Waals surface area (Å²) in [4.78, 5) is 35.3. The molecule has 8 nitrogen and oxygen atoms in total. The number of ether oxygens (including phenoxy) is 2. The summed E-state index contributed by atoms with van der Waals surface area (Å²) >= 11 is 0. The van der Waals surface area contributed by atoms with E-state index < -0.39 is 0 Å². The van der Waals surface area contributed by atoms with Crippen LogP contribution in [0.15, 0.2) is 24.5 Å². The number of amides is 1. The maximum absolute atomic E-state index is 12.5. The van der Waals surface area contributed by atoms with Crippen LogP contribution in [0.1, 0.15) is 38.2 Å². The summed E-state index contributed by atoms with van der Waals surface area (Å²) in [7, 11) is 0. The average molecular weight is 445 g/mol. The third-order valence-corrected chi connectivity index (χ3v) is 7.04. The smallest absolute Gasteiger partial charge is 0.410 e. The number of hydrogen-bond acceptors (Lipinski definition) is 7. The molecule has 1 unspecified atom stereocenters. The lowest BCUT2D eigenvalue weighted by Crippen LogP contribution is -2.46. The van der Waals surface area contributed by atoms with Crippen LogP contribution in [0.2, 0.25) is 0 Å². The van der Waals surface area contributed by atoms with Crippen LogP contribution in [0.4, 0.5) is 4.79 Å². The van der Waals surface area contributed by atoms with Gasteiger partial charge in [0.25, 0.3) is 0 Å². The molecule has 4 rings (SSSR count). The van der Waals surface area contributed by atoms with E-state index in [-0.39, 0.29) is 30.1 Å². The molecule has 4 heterocycles. The van der Waals surface area contributed by atoms with Gasteiger partial charge < -0.3 is 19.3 Å². The van der Waals surface area contributed by atoms with Gasteiger partial charge in [0.1, 0.15) is 6.10 Å². The summed E-state index contributed by atoms with van der Waals surface area (Å²) < 4.78 is 10.9. The molecule has 3 saturated heterocycles. The number of hydrogen-bond donors (Lipinski definition) is 0. The van der Waals surface area contributed by atoms with Crippen LogP contribution in [-0.4, -0.2) is 96.3 Å². The van der Waals surface area contributed by atoms with E-state index in [1.807, 2.05) is 24.2 Å². The second-order valence-corrected chi connectivity index (χ2v) is 9.16. The van der Waals surface area contributed by atoms with Crippen molar-refractivity contribution in [2.75, 3.05) is 52.4 Å². The van der Waals surface area contributed by atoms with Crippen molar-refractivity contribution >= 4 is 12.1 Å². The highest BCUT2D eigenvalue weighted by atomic mass is 16.6. The minimum absolute atomic E-state index is 0.0116. The molecule has 0 radical (unpaired) electrons. The van der Waals surface area contributed by atoms with Crippen molar-refractivity contribution in [2.45, 2.75) is 51.2 Å². The number of piperidine rings is 2. The monoisotopic (exact) mass is 444 g/mol. The normalized spacial score (nSPS) is 24.0. The van der Waals surface area contributed by atoms with Gasteiger partial charge in [-0.1, -0.05) is 0 Å². The van der Waals surface area contributed by atoms with Gasteiger partial charge in [-0.25, -0.2) is 4.79 Å². The molecule has 176 valence electrons. The molecule has 0 aromatic carbocycles. The second-order valence-electron chi connectivity index (χ2n) is 9.16. The van der Waals surface area contributed by atoms with E-state index in [0.29, 0.717) is 13.2 Å². The third-order valence-electron chi connectivity index (χ3n) is 7.04. The zero-order chi connectivity index (χ0) is 22.3. The van der Waals surface area contributed by atoms with Crippen LogP contribution in [0.3, 0.4) is 0 Å². The fraction of sp³-hybridized carbons (Fsp3) is 0.708. The standard InChI is InChI=1S/C24H36N4O4/c1-2-31-23(29)20-6-13-27(14-7-20)17-22-18-28(24(30)32-22)21-8-15-26(16-9-21)12-5-19-3-10-25-11-4-19/h3-4,10-11,20-22H,2,5-9,12-18H2,1H3. The summed E-state index contributed by atoms with van der Waals surface area (Å²) in [5.41, 5.74) is 1.32. The molecule has 0 saturated carbocycles. The molecule has 1 aromatic heterocycles. The topological polar surface area (TPSA) is 75.2 Å². The van der Waals surface area contributed by atoms with Crippen molar-refractivity contribution in [3.8, 4) is 0 Å². The molecule has 0 N–H and O–H groups in total. The highest BCUT2D eigenvalue weighted by Gasteiger charge is 2.38. The van der Waals surface area contributed by atoms with Crippen LogP contribution in [-0.2, 0) is 20.7 Å². The zero-order valence-electron chi connectivity index (χ0n) is 19.2.